The second-order valence-electron chi connectivity index (χ2n) is 2.66. The summed E-state index contributed by atoms with van der Waals surface area (Å²) in [6, 6.07) is -0.854. The summed E-state index contributed by atoms with van der Waals surface area (Å²) in [5.74, 6) is 0. The molecular formula is C6H6N4O2S3. The van der Waals surface area contributed by atoms with Gasteiger partial charge in [-0.3, -0.25) is 5.32 Å². The molecule has 1 fully saturated rings. The van der Waals surface area contributed by atoms with E-state index in [0.29, 0.717) is 22.2 Å². The first kappa shape index (κ1) is 10.5. The number of urea groups is 2. The lowest BCUT2D eigenvalue weighted by Crippen LogP contribution is -2.37. The van der Waals surface area contributed by atoms with Gasteiger partial charge in [-0.15, -0.1) is 0 Å². The number of rotatable bonds is 1. The summed E-state index contributed by atoms with van der Waals surface area (Å²) < 4.78 is 0.473. The Morgan fingerprint density at radius 3 is 2.93 bits per heavy atom. The molecule has 15 heavy (non-hydrogen) atoms. The van der Waals surface area contributed by atoms with Crippen LogP contribution in [-0.4, -0.2) is 35.0 Å². The van der Waals surface area contributed by atoms with E-state index in [-0.39, 0.29) is 6.03 Å². The largest absolute Gasteiger partial charge is 0.336 e. The monoisotopic (exact) mass is 262 g/mol. The van der Waals surface area contributed by atoms with Gasteiger partial charge in [0.15, 0.2) is 3.95 Å². The van der Waals surface area contributed by atoms with Crippen LogP contribution in [0.4, 0.5) is 14.7 Å². The zero-order valence-corrected chi connectivity index (χ0v) is 9.80. The van der Waals surface area contributed by atoms with Gasteiger partial charge in [0.25, 0.3) is 0 Å². The average molecular weight is 262 g/mol. The molecule has 0 atom stereocenters. The molecule has 9 heteroatoms. The quantitative estimate of drug-likeness (QED) is 0.594. The van der Waals surface area contributed by atoms with E-state index < -0.39 is 6.03 Å². The maximum absolute atomic E-state index is 11.5. The lowest BCUT2D eigenvalue weighted by molar-refractivity contribution is 0.207. The van der Waals surface area contributed by atoms with E-state index in [1.165, 1.54) is 20.7 Å². The second kappa shape index (κ2) is 4.21. The van der Waals surface area contributed by atoms with Gasteiger partial charge < -0.3 is 5.32 Å². The molecule has 0 bridgehead atoms. The Kier molecular flexibility index (Phi) is 2.93. The predicted octanol–water partition coefficient (Wildman–Crippen LogP) is 1.49. The number of carbonyl (C=O) groups is 2. The molecule has 0 radical (unpaired) electrons. The van der Waals surface area contributed by atoms with Gasteiger partial charge in [-0.05, 0) is 32.9 Å². The number of nitrogens with one attached hydrogen (secondary N) is 2. The molecule has 1 saturated heterocycles. The number of anilines is 1. The fourth-order valence-electron chi connectivity index (χ4n) is 1.07. The summed E-state index contributed by atoms with van der Waals surface area (Å²) in [6.45, 7) is 0.860. The molecule has 6 nitrogen and oxygen atoms in total. The van der Waals surface area contributed by atoms with Gasteiger partial charge in [-0.2, -0.15) is 4.98 Å². The van der Waals surface area contributed by atoms with E-state index in [4.69, 9.17) is 12.2 Å². The number of hydrogen-bond donors (Lipinski definition) is 2. The molecule has 0 unspecified atom stereocenters. The summed E-state index contributed by atoms with van der Waals surface area (Å²) in [4.78, 5) is 27.7. The third kappa shape index (κ3) is 2.30. The molecular weight excluding hydrogens is 256 g/mol. The smallest absolute Gasteiger partial charge is 0.331 e. The normalized spacial score (nSPS) is 15.2. The van der Waals surface area contributed by atoms with Crippen molar-refractivity contribution in [3.63, 3.8) is 0 Å². The Bertz CT molecular complexity index is 453. The number of hydrogen-bond acceptors (Lipinski definition) is 6. The minimum Gasteiger partial charge on any atom is -0.336 e. The van der Waals surface area contributed by atoms with Crippen LogP contribution in [0.2, 0.25) is 0 Å². The van der Waals surface area contributed by atoms with E-state index in [1.807, 2.05) is 0 Å². The van der Waals surface area contributed by atoms with Crippen molar-refractivity contribution in [3.05, 3.63) is 3.95 Å². The van der Waals surface area contributed by atoms with Crippen LogP contribution in [0.3, 0.4) is 0 Å². The average Bonchev–Trinajstić information content (AvgIpc) is 2.75. The highest BCUT2D eigenvalue weighted by Gasteiger charge is 2.26. The van der Waals surface area contributed by atoms with Gasteiger partial charge in [-0.1, -0.05) is 0 Å². The van der Waals surface area contributed by atoms with Crippen LogP contribution >= 0.6 is 32.9 Å². The zero-order chi connectivity index (χ0) is 10.8. The maximum Gasteiger partial charge on any atom is 0.331 e. The van der Waals surface area contributed by atoms with Crippen LogP contribution in [0.25, 0.3) is 0 Å². The van der Waals surface area contributed by atoms with Crippen molar-refractivity contribution >= 4 is 50.1 Å². The number of nitrogens with zero attached hydrogens (tertiary/aromatic N) is 2. The van der Waals surface area contributed by atoms with E-state index in [0.717, 1.165) is 4.90 Å². The lowest BCUT2D eigenvalue weighted by atomic mass is 10.6. The minimum absolute atomic E-state index is 0.375. The third-order valence-corrected chi connectivity index (χ3v) is 4.22. The number of carbonyl (C=O) groups excluding carboxylic acids is 2. The van der Waals surface area contributed by atoms with Gasteiger partial charge in [-0.25, -0.2) is 14.5 Å². The van der Waals surface area contributed by atoms with Crippen molar-refractivity contribution in [2.75, 3.05) is 18.4 Å². The molecule has 2 N–H and O–H groups in total. The maximum atomic E-state index is 11.5. The molecule has 0 saturated carbocycles. The SMILES string of the molecule is O=C1NCCN1C(=O)Nc1nc(=S)ss1. The van der Waals surface area contributed by atoms with Crippen molar-refractivity contribution in [1.82, 2.24) is 15.2 Å². The first-order valence-corrected chi connectivity index (χ1v) is 6.56. The van der Waals surface area contributed by atoms with Crippen molar-refractivity contribution in [1.29, 1.82) is 0 Å². The summed E-state index contributed by atoms with van der Waals surface area (Å²) in [5, 5.41) is 5.47. The van der Waals surface area contributed by atoms with Crippen LogP contribution < -0.4 is 10.6 Å². The highest BCUT2D eigenvalue weighted by atomic mass is 32.9. The minimum atomic E-state index is -0.471. The van der Waals surface area contributed by atoms with Crippen LogP contribution in [0, 0.1) is 3.95 Å². The van der Waals surface area contributed by atoms with E-state index in [2.05, 4.69) is 15.6 Å². The Morgan fingerprint density at radius 2 is 2.40 bits per heavy atom. The van der Waals surface area contributed by atoms with Gasteiger partial charge in [0.2, 0.25) is 5.13 Å². The van der Waals surface area contributed by atoms with Crippen LogP contribution in [0.5, 0.6) is 0 Å². The van der Waals surface area contributed by atoms with Crippen molar-refractivity contribution in [3.8, 4) is 0 Å². The topological polar surface area (TPSA) is 74.3 Å². The van der Waals surface area contributed by atoms with Crippen molar-refractivity contribution in [2.45, 2.75) is 0 Å². The van der Waals surface area contributed by atoms with E-state index >= 15 is 0 Å². The summed E-state index contributed by atoms with van der Waals surface area (Å²) in [7, 11) is 2.58. The Labute approximate surface area is 97.3 Å². The van der Waals surface area contributed by atoms with Crippen LogP contribution in [-0.2, 0) is 0 Å². The number of amides is 4. The summed E-state index contributed by atoms with van der Waals surface area (Å²) in [5.41, 5.74) is 0. The fraction of sp³-hybridized carbons (Fsp3) is 0.333. The van der Waals surface area contributed by atoms with Gasteiger partial charge >= 0.3 is 12.1 Å². The van der Waals surface area contributed by atoms with E-state index in [1.54, 1.807) is 0 Å². The van der Waals surface area contributed by atoms with Crippen LogP contribution in [0.1, 0.15) is 0 Å². The molecule has 80 valence electrons. The molecule has 1 aliphatic rings. The summed E-state index contributed by atoms with van der Waals surface area (Å²) >= 11 is 4.82. The second-order valence-corrected chi connectivity index (χ2v) is 5.42. The molecule has 0 aromatic carbocycles. The molecule has 1 aromatic heterocycles. The number of aromatic nitrogens is 1. The van der Waals surface area contributed by atoms with Gasteiger partial charge in [0.05, 0.1) is 0 Å². The molecule has 2 rings (SSSR count). The fourth-order valence-corrected chi connectivity index (χ4v) is 2.92. The first-order chi connectivity index (χ1) is 7.16. The number of imide groups is 1. The highest BCUT2D eigenvalue weighted by molar-refractivity contribution is 7.79. The Balaban J connectivity index is 2.03. The van der Waals surface area contributed by atoms with Crippen molar-refractivity contribution < 1.29 is 9.59 Å². The third-order valence-electron chi connectivity index (χ3n) is 1.70. The molecule has 2 heterocycles. The van der Waals surface area contributed by atoms with Gasteiger partial charge in [0, 0.05) is 13.1 Å². The Morgan fingerprint density at radius 1 is 1.60 bits per heavy atom. The lowest BCUT2D eigenvalue weighted by Gasteiger charge is -2.10. The standard InChI is InChI=1S/C6H6N4O2S3/c11-4-7-1-2-10(4)5(12)8-3-9-6(13)15-14-3/h1-2H2,(H,7,11)(H,8,9,12,13). The molecule has 0 aliphatic carbocycles. The van der Waals surface area contributed by atoms with Crippen LogP contribution in [0.15, 0.2) is 0 Å². The predicted molar refractivity (Wildman–Crippen MR) is 59.9 cm³/mol. The molecule has 1 aromatic rings. The highest BCUT2D eigenvalue weighted by Crippen LogP contribution is 2.19. The zero-order valence-electron chi connectivity index (χ0n) is 7.35. The van der Waals surface area contributed by atoms with Crippen molar-refractivity contribution in [2.24, 2.45) is 0 Å². The molecule has 0 spiro atoms. The molecule has 4 amide bonds. The van der Waals surface area contributed by atoms with Gasteiger partial charge in [0.1, 0.15) is 0 Å². The summed E-state index contributed by atoms with van der Waals surface area (Å²) in [6.07, 6.45) is 0. The van der Waals surface area contributed by atoms with E-state index in [9.17, 15) is 9.59 Å². The molecule has 1 aliphatic heterocycles. The Hall–Kier alpha value is -1.06. The first-order valence-electron chi connectivity index (χ1n) is 4.00.